The number of halogens is 4. The Morgan fingerprint density at radius 2 is 2.04 bits per heavy atom. The van der Waals surface area contributed by atoms with Gasteiger partial charge in [0.1, 0.15) is 5.17 Å². The summed E-state index contributed by atoms with van der Waals surface area (Å²) >= 11 is 8.06. The van der Waals surface area contributed by atoms with Crippen LogP contribution >= 0.6 is 35.3 Å². The molecule has 3 nitrogen and oxygen atoms in total. The molecule has 1 aromatic carbocycles. The molecule has 0 fully saturated rings. The lowest BCUT2D eigenvalue weighted by atomic mass is 10.1. The molecule has 2 rings (SSSR count). The number of benzene rings is 1. The van der Waals surface area contributed by atoms with Gasteiger partial charge >= 0.3 is 6.18 Å². The van der Waals surface area contributed by atoms with E-state index in [1.807, 2.05) is 31.2 Å². The number of allylic oxidation sites excluding steroid dienone is 3. The monoisotopic (exact) mass is 417 g/mol. The molecule has 0 radical (unpaired) electrons. The lowest BCUT2D eigenvalue weighted by molar-refractivity contribution is -0.0856. The van der Waals surface area contributed by atoms with Crippen LogP contribution in [0.2, 0.25) is 0 Å². The first-order valence-corrected chi connectivity index (χ1v) is 9.63. The average Bonchev–Trinajstić information content (AvgIpc) is 2.78. The first-order valence-electron chi connectivity index (χ1n) is 7.49. The predicted molar refractivity (Wildman–Crippen MR) is 106 cm³/mol. The maximum absolute atomic E-state index is 13.1. The van der Waals surface area contributed by atoms with Crippen molar-refractivity contribution in [2.75, 3.05) is 5.75 Å². The highest BCUT2D eigenvalue weighted by atomic mass is 35.5. The Balaban J connectivity index is 2.58. The van der Waals surface area contributed by atoms with Crippen molar-refractivity contribution < 1.29 is 13.2 Å². The van der Waals surface area contributed by atoms with Crippen LogP contribution in [-0.4, -0.2) is 29.0 Å². The number of hydrogen-bond donors (Lipinski definition) is 1. The van der Waals surface area contributed by atoms with Crippen LogP contribution in [0.5, 0.6) is 0 Å². The maximum Gasteiger partial charge on any atom is 0.417 e. The van der Waals surface area contributed by atoms with Crippen molar-refractivity contribution in [2.45, 2.75) is 24.9 Å². The minimum atomic E-state index is -4.57. The summed E-state index contributed by atoms with van der Waals surface area (Å²) in [6, 6.07) is 7.53. The van der Waals surface area contributed by atoms with Gasteiger partial charge in [-0.3, -0.25) is 10.4 Å². The van der Waals surface area contributed by atoms with Gasteiger partial charge in [-0.2, -0.15) is 13.2 Å². The molecule has 0 saturated heterocycles. The number of hydrogen-bond acceptors (Lipinski definition) is 5. The minimum Gasteiger partial charge on any atom is -0.288 e. The van der Waals surface area contributed by atoms with E-state index in [1.54, 1.807) is 18.7 Å². The largest absolute Gasteiger partial charge is 0.417 e. The molecule has 1 aliphatic heterocycles. The summed E-state index contributed by atoms with van der Waals surface area (Å²) in [5.41, 5.74) is 0.381. The molecule has 0 atom stereocenters. The molecule has 9 heteroatoms. The normalized spacial score (nSPS) is 15.8. The summed E-state index contributed by atoms with van der Waals surface area (Å²) in [5.74, 6) is 0.854. The minimum absolute atomic E-state index is 0.0337. The highest BCUT2D eigenvalue weighted by Crippen LogP contribution is 2.34. The summed E-state index contributed by atoms with van der Waals surface area (Å²) in [6.07, 6.45) is -2.99. The molecule has 1 aromatic rings. The van der Waals surface area contributed by atoms with E-state index < -0.39 is 16.9 Å². The summed E-state index contributed by atoms with van der Waals surface area (Å²) in [7, 11) is 0. The van der Waals surface area contributed by atoms with Crippen LogP contribution in [0.3, 0.4) is 0 Å². The number of alkyl halides is 3. The van der Waals surface area contributed by atoms with Crippen LogP contribution in [0.1, 0.15) is 19.4 Å². The van der Waals surface area contributed by atoms with E-state index in [2.05, 4.69) is 9.39 Å². The Bertz CT molecular complexity index is 827. The van der Waals surface area contributed by atoms with Gasteiger partial charge in [0, 0.05) is 34.3 Å². The fourth-order valence-corrected chi connectivity index (χ4v) is 3.72. The Labute approximate surface area is 163 Å². The van der Waals surface area contributed by atoms with Crippen LogP contribution in [0.4, 0.5) is 13.2 Å². The van der Waals surface area contributed by atoms with Gasteiger partial charge in [-0.05, 0) is 24.8 Å². The first kappa shape index (κ1) is 20.8. The molecular weight excluding hydrogens is 403 g/mol. The second-order valence-electron chi connectivity index (χ2n) is 5.08. The van der Waals surface area contributed by atoms with E-state index >= 15 is 0 Å². The summed E-state index contributed by atoms with van der Waals surface area (Å²) in [5, 5.41) is 7.22. The molecule has 1 heterocycles. The van der Waals surface area contributed by atoms with Crippen LogP contribution in [0, 0.1) is 5.41 Å². The smallest absolute Gasteiger partial charge is 0.288 e. The Kier molecular flexibility index (Phi) is 7.14. The molecule has 0 aliphatic carbocycles. The predicted octanol–water partition coefficient (Wildman–Crippen LogP) is 6.26. The summed E-state index contributed by atoms with van der Waals surface area (Å²) < 4.78 is 43.0. The third-order valence-corrected chi connectivity index (χ3v) is 5.32. The molecule has 0 aromatic heterocycles. The van der Waals surface area contributed by atoms with Crippen molar-refractivity contribution in [3.05, 3.63) is 52.1 Å². The number of aliphatic imine (C=N–C) groups is 1. The van der Waals surface area contributed by atoms with E-state index in [-0.39, 0.29) is 10.6 Å². The number of nitrogens with zero attached hydrogens (tertiary/aromatic N) is 2. The number of rotatable bonds is 5. The van der Waals surface area contributed by atoms with Gasteiger partial charge in [0.05, 0.1) is 16.2 Å². The van der Waals surface area contributed by atoms with E-state index in [0.717, 1.165) is 22.3 Å². The fraction of sp³-hybridized carbons (Fsp3) is 0.235. The third-order valence-electron chi connectivity index (χ3n) is 3.25. The van der Waals surface area contributed by atoms with Crippen LogP contribution in [0.25, 0.3) is 0 Å². The van der Waals surface area contributed by atoms with Gasteiger partial charge in [-0.1, -0.05) is 36.7 Å². The van der Waals surface area contributed by atoms with Crippen molar-refractivity contribution in [3.63, 3.8) is 0 Å². The van der Waals surface area contributed by atoms with Gasteiger partial charge in [0.25, 0.3) is 0 Å². The van der Waals surface area contributed by atoms with Crippen LogP contribution in [0.15, 0.2) is 60.8 Å². The van der Waals surface area contributed by atoms with E-state index in [0.29, 0.717) is 23.9 Å². The molecule has 1 N–H and O–H groups in total. The number of thioether (sulfide) groups is 1. The highest BCUT2D eigenvalue weighted by molar-refractivity contribution is 8.03. The molecule has 0 spiro atoms. The SMILES string of the molecule is CCSc1ccccc1/C(C)=N/C1=C(C(=N)Cl)SN=CC(C(F)(F)F)=C1. The van der Waals surface area contributed by atoms with E-state index in [4.69, 9.17) is 17.0 Å². The third kappa shape index (κ3) is 5.25. The molecule has 0 unspecified atom stereocenters. The zero-order valence-electron chi connectivity index (χ0n) is 13.9. The van der Waals surface area contributed by atoms with Gasteiger partial charge in [-0.15, -0.1) is 11.8 Å². The van der Waals surface area contributed by atoms with Crippen molar-refractivity contribution in [1.29, 1.82) is 5.41 Å². The topological polar surface area (TPSA) is 48.6 Å². The summed E-state index contributed by atoms with van der Waals surface area (Å²) in [6.45, 7) is 3.73. The fourth-order valence-electron chi connectivity index (χ4n) is 2.11. The first-order chi connectivity index (χ1) is 12.2. The van der Waals surface area contributed by atoms with Gasteiger partial charge < -0.3 is 0 Å². The molecule has 0 saturated carbocycles. The van der Waals surface area contributed by atoms with Crippen LogP contribution in [-0.2, 0) is 0 Å². The molecule has 26 heavy (non-hydrogen) atoms. The Morgan fingerprint density at radius 1 is 1.35 bits per heavy atom. The Morgan fingerprint density at radius 3 is 2.65 bits per heavy atom. The van der Waals surface area contributed by atoms with Gasteiger partial charge in [-0.25, -0.2) is 4.40 Å². The molecule has 1 aliphatic rings. The van der Waals surface area contributed by atoms with Gasteiger partial charge in [0.15, 0.2) is 0 Å². The lowest BCUT2D eigenvalue weighted by Crippen LogP contribution is -2.13. The molecule has 0 bridgehead atoms. The number of nitrogens with one attached hydrogen (secondary N) is 1. The van der Waals surface area contributed by atoms with E-state index in [9.17, 15) is 13.2 Å². The lowest BCUT2D eigenvalue weighted by Gasteiger charge is -2.10. The molecule has 138 valence electrons. The average molecular weight is 418 g/mol. The van der Waals surface area contributed by atoms with Crippen molar-refractivity contribution in [2.24, 2.45) is 9.39 Å². The van der Waals surface area contributed by atoms with Crippen LogP contribution < -0.4 is 0 Å². The summed E-state index contributed by atoms with van der Waals surface area (Å²) in [4.78, 5) is 5.41. The molecular formula is C17H15ClF3N3S2. The zero-order valence-corrected chi connectivity index (χ0v) is 16.3. The highest BCUT2D eigenvalue weighted by Gasteiger charge is 2.34. The Hall–Kier alpha value is -1.51. The second kappa shape index (κ2) is 8.92. The zero-order chi connectivity index (χ0) is 19.3. The van der Waals surface area contributed by atoms with Crippen molar-refractivity contribution in [1.82, 2.24) is 0 Å². The van der Waals surface area contributed by atoms with Crippen molar-refractivity contribution in [3.8, 4) is 0 Å². The van der Waals surface area contributed by atoms with Gasteiger partial charge in [0.2, 0.25) is 0 Å². The second-order valence-corrected chi connectivity index (χ2v) is 7.56. The maximum atomic E-state index is 13.1. The quantitative estimate of drug-likeness (QED) is 0.349. The standard InChI is InChI=1S/C17H15ClF3N3S2/c1-3-25-14-7-5-4-6-12(14)10(2)24-13-8-11(17(19,20)21)9-23-26-15(13)16(18)22/h4-9,22H,3H2,1-2H3/b22-16?,24-10+. The molecule has 0 amide bonds. The van der Waals surface area contributed by atoms with Crippen molar-refractivity contribution >= 4 is 52.4 Å². The van der Waals surface area contributed by atoms with E-state index in [1.165, 1.54) is 0 Å².